The molecule has 0 radical (unpaired) electrons. The van der Waals surface area contributed by atoms with Gasteiger partial charge in [0.25, 0.3) is 0 Å². The first-order valence-electron chi connectivity index (χ1n) is 6.55. The summed E-state index contributed by atoms with van der Waals surface area (Å²) in [5.74, 6) is 0.918. The van der Waals surface area contributed by atoms with Crippen molar-refractivity contribution in [1.82, 2.24) is 0 Å². The van der Waals surface area contributed by atoms with Crippen molar-refractivity contribution in [3.05, 3.63) is 58.7 Å². The largest absolute Gasteiger partial charge is 0.508 e. The van der Waals surface area contributed by atoms with Crippen LogP contribution in [0.25, 0.3) is 0 Å². The molecule has 0 spiro atoms. The van der Waals surface area contributed by atoms with E-state index in [0.717, 1.165) is 17.5 Å². The smallest absolute Gasteiger partial charge is 0.116 e. The lowest BCUT2D eigenvalue weighted by atomic mass is 9.88. The normalized spacial score (nSPS) is 12.4. The van der Waals surface area contributed by atoms with Crippen molar-refractivity contribution in [1.29, 1.82) is 0 Å². The zero-order valence-electron chi connectivity index (χ0n) is 11.6. The lowest BCUT2D eigenvalue weighted by molar-refractivity contribution is 0.472. The van der Waals surface area contributed by atoms with Crippen LogP contribution in [0.5, 0.6) is 11.5 Å². The van der Waals surface area contributed by atoms with Crippen LogP contribution in [-0.2, 0) is 6.42 Å². The minimum absolute atomic E-state index is 0.299. The van der Waals surface area contributed by atoms with E-state index in [1.165, 1.54) is 11.1 Å². The van der Waals surface area contributed by atoms with Crippen molar-refractivity contribution in [2.75, 3.05) is 0 Å². The maximum Gasteiger partial charge on any atom is 0.116 e. The Balaban J connectivity index is 2.27. The van der Waals surface area contributed by atoms with Crippen LogP contribution in [0.15, 0.2) is 36.4 Å². The predicted molar refractivity (Wildman–Crippen MR) is 77.8 cm³/mol. The van der Waals surface area contributed by atoms with Gasteiger partial charge in [-0.25, -0.2) is 0 Å². The van der Waals surface area contributed by atoms with Crippen molar-refractivity contribution in [3.63, 3.8) is 0 Å². The molecule has 1 atom stereocenters. The lowest BCUT2D eigenvalue weighted by Crippen LogP contribution is -2.02. The van der Waals surface area contributed by atoms with E-state index in [9.17, 15) is 10.2 Å². The van der Waals surface area contributed by atoms with Gasteiger partial charge in [0, 0.05) is 0 Å². The number of phenols is 2. The molecule has 2 N–H and O–H groups in total. The molecule has 0 aliphatic carbocycles. The van der Waals surface area contributed by atoms with Gasteiger partial charge in [-0.1, -0.05) is 19.1 Å². The molecule has 2 nitrogen and oxygen atoms in total. The van der Waals surface area contributed by atoms with E-state index in [1.807, 2.05) is 25.1 Å². The standard InChI is InChI=1S/C17H20O2/c1-11-8-16(19)10-17(13(11)3)12(2)7-14-5-4-6-15(18)9-14/h4-6,8-10,12,18-19H,7H2,1-3H3. The van der Waals surface area contributed by atoms with E-state index in [4.69, 9.17) is 0 Å². The van der Waals surface area contributed by atoms with Gasteiger partial charge in [-0.05, 0) is 72.7 Å². The second-order valence-corrected chi connectivity index (χ2v) is 5.25. The van der Waals surface area contributed by atoms with Gasteiger partial charge in [0.1, 0.15) is 11.5 Å². The van der Waals surface area contributed by atoms with Crippen molar-refractivity contribution in [3.8, 4) is 11.5 Å². The molecule has 2 rings (SSSR count). The van der Waals surface area contributed by atoms with Crippen molar-refractivity contribution in [2.45, 2.75) is 33.1 Å². The fourth-order valence-electron chi connectivity index (χ4n) is 2.53. The van der Waals surface area contributed by atoms with E-state index in [1.54, 1.807) is 18.2 Å². The van der Waals surface area contributed by atoms with Gasteiger partial charge < -0.3 is 10.2 Å². The molecule has 0 bridgehead atoms. The Morgan fingerprint density at radius 2 is 1.74 bits per heavy atom. The summed E-state index contributed by atoms with van der Waals surface area (Å²) in [5, 5.41) is 19.2. The molecule has 0 saturated heterocycles. The summed E-state index contributed by atoms with van der Waals surface area (Å²) in [7, 11) is 0. The van der Waals surface area contributed by atoms with Gasteiger partial charge in [-0.3, -0.25) is 0 Å². The van der Waals surface area contributed by atoms with Crippen LogP contribution < -0.4 is 0 Å². The van der Waals surface area contributed by atoms with Crippen LogP contribution in [0, 0.1) is 13.8 Å². The van der Waals surface area contributed by atoms with E-state index in [2.05, 4.69) is 13.8 Å². The number of aryl methyl sites for hydroxylation is 1. The topological polar surface area (TPSA) is 40.5 Å². The molecule has 0 saturated carbocycles. The maximum absolute atomic E-state index is 9.74. The van der Waals surface area contributed by atoms with E-state index in [0.29, 0.717) is 17.4 Å². The molecule has 0 fully saturated rings. The van der Waals surface area contributed by atoms with Gasteiger partial charge in [0.15, 0.2) is 0 Å². The first-order valence-corrected chi connectivity index (χ1v) is 6.55. The summed E-state index contributed by atoms with van der Waals surface area (Å²) in [4.78, 5) is 0. The lowest BCUT2D eigenvalue weighted by Gasteiger charge is -2.17. The summed E-state index contributed by atoms with van der Waals surface area (Å²) in [5.41, 5.74) is 4.61. The Labute approximate surface area is 114 Å². The Bertz CT molecular complexity index is 588. The van der Waals surface area contributed by atoms with Crippen molar-refractivity contribution < 1.29 is 10.2 Å². The minimum Gasteiger partial charge on any atom is -0.508 e. The van der Waals surface area contributed by atoms with Crippen LogP contribution in [-0.4, -0.2) is 10.2 Å². The highest BCUT2D eigenvalue weighted by atomic mass is 16.3. The van der Waals surface area contributed by atoms with E-state index in [-0.39, 0.29) is 0 Å². The summed E-state index contributed by atoms with van der Waals surface area (Å²) >= 11 is 0. The Hall–Kier alpha value is -1.96. The fourth-order valence-corrected chi connectivity index (χ4v) is 2.53. The van der Waals surface area contributed by atoms with Crippen LogP contribution in [0.4, 0.5) is 0 Å². The third kappa shape index (κ3) is 3.08. The molecule has 2 aromatic carbocycles. The molecule has 1 unspecified atom stereocenters. The molecule has 0 aliphatic heterocycles. The second kappa shape index (κ2) is 5.35. The highest BCUT2D eigenvalue weighted by molar-refractivity contribution is 5.42. The van der Waals surface area contributed by atoms with Crippen LogP contribution in [0.1, 0.15) is 35.1 Å². The molecule has 0 amide bonds. The Kier molecular flexibility index (Phi) is 3.79. The molecule has 100 valence electrons. The first-order chi connectivity index (χ1) is 8.97. The zero-order chi connectivity index (χ0) is 14.0. The summed E-state index contributed by atoms with van der Waals surface area (Å²) in [6.45, 7) is 6.24. The van der Waals surface area contributed by atoms with Crippen LogP contribution in [0.2, 0.25) is 0 Å². The van der Waals surface area contributed by atoms with Crippen LogP contribution in [0.3, 0.4) is 0 Å². The molecule has 0 aliphatic rings. The number of benzene rings is 2. The summed E-state index contributed by atoms with van der Waals surface area (Å²) < 4.78 is 0. The first kappa shape index (κ1) is 13.5. The summed E-state index contributed by atoms with van der Waals surface area (Å²) in [6, 6.07) is 11.0. The molecule has 0 aromatic heterocycles. The number of phenolic OH excluding ortho intramolecular Hbond substituents is 2. The number of hydrogen-bond acceptors (Lipinski definition) is 2. The molecule has 2 aromatic rings. The SMILES string of the molecule is Cc1cc(O)cc(C(C)Cc2cccc(O)c2)c1C. The Morgan fingerprint density at radius 3 is 2.42 bits per heavy atom. The highest BCUT2D eigenvalue weighted by Crippen LogP contribution is 2.29. The van der Waals surface area contributed by atoms with Crippen LogP contribution >= 0.6 is 0 Å². The van der Waals surface area contributed by atoms with Gasteiger partial charge >= 0.3 is 0 Å². The summed E-state index contributed by atoms with van der Waals surface area (Å²) in [6.07, 6.45) is 0.845. The van der Waals surface area contributed by atoms with Gasteiger partial charge in [0.05, 0.1) is 0 Å². The quantitative estimate of drug-likeness (QED) is 0.869. The Morgan fingerprint density at radius 1 is 1.00 bits per heavy atom. The average molecular weight is 256 g/mol. The molecule has 19 heavy (non-hydrogen) atoms. The number of aromatic hydroxyl groups is 2. The van der Waals surface area contributed by atoms with Gasteiger partial charge in [-0.2, -0.15) is 0 Å². The fraction of sp³-hybridized carbons (Fsp3) is 0.294. The monoisotopic (exact) mass is 256 g/mol. The molecular weight excluding hydrogens is 236 g/mol. The third-order valence-electron chi connectivity index (χ3n) is 3.68. The predicted octanol–water partition coefficient (Wildman–Crippen LogP) is 4.06. The van der Waals surface area contributed by atoms with E-state index < -0.39 is 0 Å². The minimum atomic E-state index is 0.299. The van der Waals surface area contributed by atoms with Gasteiger partial charge in [-0.15, -0.1) is 0 Å². The number of rotatable bonds is 3. The number of hydrogen-bond donors (Lipinski definition) is 2. The molecule has 2 heteroatoms. The van der Waals surface area contributed by atoms with Crippen molar-refractivity contribution in [2.24, 2.45) is 0 Å². The molecule has 0 heterocycles. The third-order valence-corrected chi connectivity index (χ3v) is 3.68. The highest BCUT2D eigenvalue weighted by Gasteiger charge is 2.12. The molecular formula is C17H20O2. The average Bonchev–Trinajstić information content (AvgIpc) is 2.33. The van der Waals surface area contributed by atoms with Gasteiger partial charge in [0.2, 0.25) is 0 Å². The zero-order valence-corrected chi connectivity index (χ0v) is 11.6. The second-order valence-electron chi connectivity index (χ2n) is 5.25. The van der Waals surface area contributed by atoms with Crippen molar-refractivity contribution >= 4 is 0 Å². The van der Waals surface area contributed by atoms with E-state index >= 15 is 0 Å². The maximum atomic E-state index is 9.74.